The molecule has 0 aliphatic heterocycles. The van der Waals surface area contributed by atoms with Crippen molar-refractivity contribution in [3.05, 3.63) is 102 Å². The van der Waals surface area contributed by atoms with Gasteiger partial charge in [-0.15, -0.1) is 0 Å². The van der Waals surface area contributed by atoms with Gasteiger partial charge in [-0.1, -0.05) is 90.3 Å². The van der Waals surface area contributed by atoms with E-state index in [1.54, 1.807) is 11.8 Å². The summed E-state index contributed by atoms with van der Waals surface area (Å²) in [5.74, 6) is 6.08. The number of aromatic nitrogens is 2. The predicted molar refractivity (Wildman–Crippen MR) is 117 cm³/mol. The van der Waals surface area contributed by atoms with Gasteiger partial charge in [-0.05, 0) is 24.3 Å². The molecule has 0 amide bonds. The highest BCUT2D eigenvalue weighted by Crippen LogP contribution is 2.38. The molecule has 0 spiro atoms. The highest BCUT2D eigenvalue weighted by Gasteiger charge is 2.23. The van der Waals surface area contributed by atoms with Crippen molar-refractivity contribution in [2.75, 3.05) is 0 Å². The van der Waals surface area contributed by atoms with E-state index in [0.717, 1.165) is 32.3 Å². The van der Waals surface area contributed by atoms with Crippen LogP contribution < -0.4 is 0 Å². The van der Waals surface area contributed by atoms with Crippen molar-refractivity contribution in [3.8, 4) is 23.1 Å². The van der Waals surface area contributed by atoms with Gasteiger partial charge in [0.2, 0.25) is 0 Å². The van der Waals surface area contributed by atoms with Crippen LogP contribution in [0.15, 0.2) is 101 Å². The standard InChI is InChI=1S/C25H20N2OS/c1-27-25(29-21-15-9-4-10-16-21)23(24(26-27)20-13-7-3-8-14-20)22(28)18-17-19-11-5-2-6-12-19/h2-16,22,28H,1H3. The largest absolute Gasteiger partial charge is 0.376 e. The summed E-state index contributed by atoms with van der Waals surface area (Å²) in [5, 5.41) is 16.7. The Bertz CT molecular complexity index is 1140. The van der Waals surface area contributed by atoms with Gasteiger partial charge in [0.05, 0.1) is 5.56 Å². The minimum Gasteiger partial charge on any atom is -0.376 e. The second kappa shape index (κ2) is 8.83. The second-order valence-corrected chi connectivity index (χ2v) is 7.57. The van der Waals surface area contributed by atoms with Gasteiger partial charge >= 0.3 is 0 Å². The zero-order chi connectivity index (χ0) is 20.1. The number of aliphatic hydroxyl groups is 1. The third kappa shape index (κ3) is 4.43. The quantitative estimate of drug-likeness (QED) is 0.474. The first-order chi connectivity index (χ1) is 14.2. The Morgan fingerprint density at radius 1 is 0.862 bits per heavy atom. The van der Waals surface area contributed by atoms with Gasteiger partial charge in [0.15, 0.2) is 0 Å². The maximum atomic E-state index is 11.1. The molecule has 0 saturated carbocycles. The fraction of sp³-hybridized carbons (Fsp3) is 0.0800. The summed E-state index contributed by atoms with van der Waals surface area (Å²) in [7, 11) is 1.90. The van der Waals surface area contributed by atoms with Crippen LogP contribution in [0.25, 0.3) is 11.3 Å². The zero-order valence-corrected chi connectivity index (χ0v) is 16.8. The van der Waals surface area contributed by atoms with Crippen LogP contribution in [0.3, 0.4) is 0 Å². The van der Waals surface area contributed by atoms with Gasteiger partial charge < -0.3 is 5.11 Å². The van der Waals surface area contributed by atoms with E-state index in [-0.39, 0.29) is 0 Å². The summed E-state index contributed by atoms with van der Waals surface area (Å²) >= 11 is 1.58. The van der Waals surface area contributed by atoms with Gasteiger partial charge in [0.1, 0.15) is 16.8 Å². The van der Waals surface area contributed by atoms with Gasteiger partial charge in [-0.3, -0.25) is 4.68 Å². The van der Waals surface area contributed by atoms with Crippen LogP contribution in [0.4, 0.5) is 0 Å². The molecule has 4 heteroatoms. The van der Waals surface area contributed by atoms with Crippen LogP contribution in [-0.4, -0.2) is 14.9 Å². The molecule has 1 N–H and O–H groups in total. The molecular weight excluding hydrogens is 376 g/mol. The van der Waals surface area contributed by atoms with Crippen LogP contribution in [0.2, 0.25) is 0 Å². The Morgan fingerprint density at radius 3 is 2.10 bits per heavy atom. The van der Waals surface area contributed by atoms with Crippen molar-refractivity contribution in [2.24, 2.45) is 7.05 Å². The lowest BCUT2D eigenvalue weighted by Crippen LogP contribution is -1.99. The molecule has 142 valence electrons. The van der Waals surface area contributed by atoms with Gasteiger partial charge in [-0.2, -0.15) is 5.10 Å². The van der Waals surface area contributed by atoms with Crippen LogP contribution in [0.5, 0.6) is 0 Å². The molecule has 0 saturated heterocycles. The molecule has 4 rings (SSSR count). The molecular formula is C25H20N2OS. The average Bonchev–Trinajstić information content (AvgIpc) is 3.10. The molecule has 3 nitrogen and oxygen atoms in total. The highest BCUT2D eigenvalue weighted by atomic mass is 32.2. The topological polar surface area (TPSA) is 38.0 Å². The smallest absolute Gasteiger partial charge is 0.145 e. The maximum absolute atomic E-state index is 11.1. The van der Waals surface area contributed by atoms with Gasteiger partial charge in [-0.25, -0.2) is 0 Å². The SMILES string of the molecule is Cn1nc(-c2ccccc2)c(C(O)C#Cc2ccccc2)c1Sc1ccccc1. The summed E-state index contributed by atoms with van der Waals surface area (Å²) in [5.41, 5.74) is 3.31. The Balaban J connectivity index is 1.79. The number of aliphatic hydroxyl groups excluding tert-OH is 1. The lowest BCUT2D eigenvalue weighted by molar-refractivity contribution is 0.235. The fourth-order valence-electron chi connectivity index (χ4n) is 3.05. The van der Waals surface area contributed by atoms with Crippen LogP contribution in [0.1, 0.15) is 17.2 Å². The molecule has 4 aromatic rings. The van der Waals surface area contributed by atoms with Gasteiger partial charge in [0.25, 0.3) is 0 Å². The molecule has 0 aliphatic carbocycles. The molecule has 0 fully saturated rings. The van der Waals surface area contributed by atoms with Crippen molar-refractivity contribution in [2.45, 2.75) is 16.0 Å². The summed E-state index contributed by atoms with van der Waals surface area (Å²) in [6.45, 7) is 0. The van der Waals surface area contributed by atoms with E-state index in [9.17, 15) is 5.11 Å². The van der Waals surface area contributed by atoms with Crippen molar-refractivity contribution < 1.29 is 5.11 Å². The number of hydrogen-bond donors (Lipinski definition) is 1. The van der Waals surface area contributed by atoms with E-state index in [1.807, 2.05) is 103 Å². The first kappa shape index (κ1) is 19.1. The normalized spacial score (nSPS) is 11.5. The molecule has 29 heavy (non-hydrogen) atoms. The molecule has 0 bridgehead atoms. The molecule has 3 aromatic carbocycles. The van der Waals surface area contributed by atoms with Gasteiger partial charge in [0, 0.05) is 23.1 Å². The minimum absolute atomic E-state index is 0.732. The molecule has 0 radical (unpaired) electrons. The van der Waals surface area contributed by atoms with E-state index in [4.69, 9.17) is 5.10 Å². The number of benzene rings is 3. The molecule has 1 atom stereocenters. The van der Waals surface area contributed by atoms with Crippen molar-refractivity contribution in [1.82, 2.24) is 9.78 Å². The number of hydrogen-bond acceptors (Lipinski definition) is 3. The number of rotatable bonds is 4. The molecule has 0 aliphatic rings. The summed E-state index contributed by atoms with van der Waals surface area (Å²) in [4.78, 5) is 1.08. The Morgan fingerprint density at radius 2 is 1.45 bits per heavy atom. The zero-order valence-electron chi connectivity index (χ0n) is 16.0. The molecule has 1 unspecified atom stereocenters. The number of nitrogens with zero attached hydrogens (tertiary/aromatic N) is 2. The Kier molecular flexibility index (Phi) is 5.81. The second-order valence-electron chi connectivity index (χ2n) is 6.51. The van der Waals surface area contributed by atoms with Crippen molar-refractivity contribution in [3.63, 3.8) is 0 Å². The highest BCUT2D eigenvalue weighted by molar-refractivity contribution is 7.99. The summed E-state index contributed by atoms with van der Waals surface area (Å²) in [6.07, 6.45) is -0.953. The van der Waals surface area contributed by atoms with E-state index in [0.29, 0.717) is 0 Å². The maximum Gasteiger partial charge on any atom is 0.145 e. The summed E-state index contributed by atoms with van der Waals surface area (Å²) in [6, 6.07) is 29.7. The fourth-order valence-corrected chi connectivity index (χ4v) is 4.05. The van der Waals surface area contributed by atoms with Crippen LogP contribution >= 0.6 is 11.8 Å². The van der Waals surface area contributed by atoms with E-state index in [1.165, 1.54) is 0 Å². The van der Waals surface area contributed by atoms with Crippen molar-refractivity contribution in [1.29, 1.82) is 0 Å². The third-order valence-corrected chi connectivity index (χ3v) is 5.62. The Labute approximate surface area is 175 Å². The monoisotopic (exact) mass is 396 g/mol. The summed E-state index contributed by atoms with van der Waals surface area (Å²) < 4.78 is 1.82. The first-order valence-corrected chi connectivity index (χ1v) is 10.1. The molecule has 1 heterocycles. The van der Waals surface area contributed by atoms with E-state index >= 15 is 0 Å². The van der Waals surface area contributed by atoms with E-state index in [2.05, 4.69) is 11.8 Å². The minimum atomic E-state index is -0.953. The average molecular weight is 397 g/mol. The van der Waals surface area contributed by atoms with Crippen molar-refractivity contribution >= 4 is 11.8 Å². The van der Waals surface area contributed by atoms with Crippen LogP contribution in [-0.2, 0) is 7.05 Å². The Hall–Kier alpha value is -3.26. The first-order valence-electron chi connectivity index (χ1n) is 9.32. The predicted octanol–water partition coefficient (Wildman–Crippen LogP) is 5.32. The van der Waals surface area contributed by atoms with E-state index < -0.39 is 6.10 Å². The lowest BCUT2D eigenvalue weighted by atomic mass is 10.0. The third-order valence-electron chi connectivity index (χ3n) is 4.43. The molecule has 1 aromatic heterocycles. The number of aryl methyl sites for hydroxylation is 1. The van der Waals surface area contributed by atoms with Crippen LogP contribution in [0, 0.1) is 11.8 Å². The lowest BCUT2D eigenvalue weighted by Gasteiger charge is -2.09.